The van der Waals surface area contributed by atoms with E-state index < -0.39 is 10.0 Å². The van der Waals surface area contributed by atoms with Gasteiger partial charge in [0.05, 0.1) is 17.6 Å². The summed E-state index contributed by atoms with van der Waals surface area (Å²) >= 11 is 0. The van der Waals surface area contributed by atoms with Gasteiger partial charge in [0.15, 0.2) is 0 Å². The van der Waals surface area contributed by atoms with E-state index in [0.29, 0.717) is 24.1 Å². The van der Waals surface area contributed by atoms with Crippen LogP contribution in [0.3, 0.4) is 0 Å². The standard InChI is InChI=1S/C14H25N3O3S/c1-11(2)20-7-6-16-21(18,19)14-8-13(9-15-3)17(10-14)12-4-5-12/h8,10-12,15-16H,4-7,9H2,1-3H3. The largest absolute Gasteiger partial charge is 0.377 e. The van der Waals surface area contributed by atoms with Gasteiger partial charge < -0.3 is 14.6 Å². The van der Waals surface area contributed by atoms with E-state index in [1.54, 1.807) is 12.3 Å². The second-order valence-corrected chi connectivity index (χ2v) is 7.42. The predicted octanol–water partition coefficient (Wildman–Crippen LogP) is 1.25. The second kappa shape index (κ2) is 6.91. The van der Waals surface area contributed by atoms with Crippen LogP contribution in [0.5, 0.6) is 0 Å². The van der Waals surface area contributed by atoms with Crippen LogP contribution in [0.2, 0.25) is 0 Å². The minimum atomic E-state index is -3.46. The van der Waals surface area contributed by atoms with Crippen molar-refractivity contribution in [2.24, 2.45) is 0 Å². The van der Waals surface area contributed by atoms with E-state index in [4.69, 9.17) is 4.74 Å². The molecule has 1 heterocycles. The van der Waals surface area contributed by atoms with Gasteiger partial charge in [0.2, 0.25) is 10.0 Å². The van der Waals surface area contributed by atoms with Crippen molar-refractivity contribution in [3.05, 3.63) is 18.0 Å². The van der Waals surface area contributed by atoms with Crippen LogP contribution in [-0.2, 0) is 21.3 Å². The fraction of sp³-hybridized carbons (Fsp3) is 0.714. The van der Waals surface area contributed by atoms with E-state index in [2.05, 4.69) is 14.6 Å². The van der Waals surface area contributed by atoms with Crippen LogP contribution in [0.15, 0.2) is 17.2 Å². The Kier molecular flexibility index (Phi) is 5.43. The topological polar surface area (TPSA) is 72.4 Å². The van der Waals surface area contributed by atoms with Gasteiger partial charge in [-0.3, -0.25) is 0 Å². The van der Waals surface area contributed by atoms with Crippen molar-refractivity contribution in [3.63, 3.8) is 0 Å². The quantitative estimate of drug-likeness (QED) is 0.673. The SMILES string of the molecule is CNCc1cc(S(=O)(=O)NCCOC(C)C)cn1C1CC1. The molecule has 1 saturated carbocycles. The fourth-order valence-corrected chi connectivity index (χ4v) is 3.28. The first-order chi connectivity index (χ1) is 9.94. The highest BCUT2D eigenvalue weighted by atomic mass is 32.2. The van der Waals surface area contributed by atoms with Gasteiger partial charge in [-0.2, -0.15) is 0 Å². The maximum absolute atomic E-state index is 12.3. The van der Waals surface area contributed by atoms with Gasteiger partial charge >= 0.3 is 0 Å². The smallest absolute Gasteiger partial charge is 0.242 e. The van der Waals surface area contributed by atoms with Gasteiger partial charge in [-0.05, 0) is 39.8 Å². The van der Waals surface area contributed by atoms with Gasteiger partial charge in [-0.15, -0.1) is 0 Å². The number of nitrogens with one attached hydrogen (secondary N) is 2. The Hall–Kier alpha value is -0.890. The highest BCUT2D eigenvalue weighted by molar-refractivity contribution is 7.89. The Balaban J connectivity index is 2.03. The van der Waals surface area contributed by atoms with E-state index in [9.17, 15) is 8.42 Å². The summed E-state index contributed by atoms with van der Waals surface area (Å²) in [5.74, 6) is 0. The molecule has 0 bridgehead atoms. The average Bonchev–Trinajstić information content (AvgIpc) is 3.16. The summed E-state index contributed by atoms with van der Waals surface area (Å²) in [6.45, 7) is 5.19. The highest BCUT2D eigenvalue weighted by Crippen LogP contribution is 2.37. The van der Waals surface area contributed by atoms with Crippen molar-refractivity contribution in [3.8, 4) is 0 Å². The first-order valence-electron chi connectivity index (χ1n) is 7.40. The zero-order valence-electron chi connectivity index (χ0n) is 12.9. The number of ether oxygens (including phenoxy) is 1. The third kappa shape index (κ3) is 4.54. The second-order valence-electron chi connectivity index (χ2n) is 5.65. The highest BCUT2D eigenvalue weighted by Gasteiger charge is 2.27. The van der Waals surface area contributed by atoms with Crippen molar-refractivity contribution in [2.75, 3.05) is 20.2 Å². The van der Waals surface area contributed by atoms with Gasteiger partial charge in [-0.25, -0.2) is 13.1 Å². The summed E-state index contributed by atoms with van der Waals surface area (Å²) in [4.78, 5) is 0.337. The number of rotatable bonds is 9. The van der Waals surface area contributed by atoms with Crippen LogP contribution in [0, 0.1) is 0 Å². The van der Waals surface area contributed by atoms with E-state index in [-0.39, 0.29) is 12.6 Å². The van der Waals surface area contributed by atoms with Gasteiger partial charge in [0, 0.05) is 31.0 Å². The monoisotopic (exact) mass is 315 g/mol. The molecule has 6 nitrogen and oxygen atoms in total. The normalized spacial score (nSPS) is 15.8. The lowest BCUT2D eigenvalue weighted by Gasteiger charge is -2.08. The molecule has 0 radical (unpaired) electrons. The molecule has 1 aliphatic carbocycles. The molecule has 120 valence electrons. The summed E-state index contributed by atoms with van der Waals surface area (Å²) in [6.07, 6.45) is 4.10. The van der Waals surface area contributed by atoms with Crippen LogP contribution < -0.4 is 10.0 Å². The van der Waals surface area contributed by atoms with Crippen molar-refractivity contribution in [1.29, 1.82) is 0 Å². The zero-order valence-corrected chi connectivity index (χ0v) is 13.7. The van der Waals surface area contributed by atoms with Crippen molar-refractivity contribution in [2.45, 2.75) is 50.3 Å². The minimum absolute atomic E-state index is 0.104. The molecule has 2 N–H and O–H groups in total. The van der Waals surface area contributed by atoms with Crippen LogP contribution in [0.25, 0.3) is 0 Å². The van der Waals surface area contributed by atoms with Gasteiger partial charge in [0.25, 0.3) is 0 Å². The van der Waals surface area contributed by atoms with Crippen molar-refractivity contribution >= 4 is 10.0 Å². The Morgan fingerprint density at radius 1 is 1.43 bits per heavy atom. The summed E-state index contributed by atoms with van der Waals surface area (Å²) in [6, 6.07) is 2.21. The van der Waals surface area contributed by atoms with E-state index in [1.807, 2.05) is 20.9 Å². The molecule has 0 atom stereocenters. The zero-order chi connectivity index (χ0) is 15.5. The summed E-state index contributed by atoms with van der Waals surface area (Å²) in [5.41, 5.74) is 1.01. The predicted molar refractivity (Wildman–Crippen MR) is 81.7 cm³/mol. The number of hydrogen-bond acceptors (Lipinski definition) is 4. The molecule has 1 aliphatic rings. The lowest BCUT2D eigenvalue weighted by Crippen LogP contribution is -2.28. The summed E-state index contributed by atoms with van der Waals surface area (Å²) in [7, 11) is -1.60. The Morgan fingerprint density at radius 3 is 2.71 bits per heavy atom. The molecule has 1 aromatic heterocycles. The van der Waals surface area contributed by atoms with Crippen LogP contribution >= 0.6 is 0 Å². The van der Waals surface area contributed by atoms with Gasteiger partial charge in [-0.1, -0.05) is 0 Å². The van der Waals surface area contributed by atoms with Gasteiger partial charge in [0.1, 0.15) is 0 Å². The third-order valence-electron chi connectivity index (χ3n) is 3.36. The molecule has 0 unspecified atom stereocenters. The Labute approximate surface area is 126 Å². The number of sulfonamides is 1. The molecule has 0 saturated heterocycles. The molecule has 0 aromatic carbocycles. The third-order valence-corrected chi connectivity index (χ3v) is 4.79. The fourth-order valence-electron chi connectivity index (χ4n) is 2.21. The summed E-state index contributed by atoms with van der Waals surface area (Å²) < 4.78 is 34.6. The molecule has 7 heteroatoms. The maximum atomic E-state index is 12.3. The van der Waals surface area contributed by atoms with Crippen molar-refractivity contribution < 1.29 is 13.2 Å². The van der Waals surface area contributed by atoms with Crippen LogP contribution in [0.1, 0.15) is 38.4 Å². The number of aromatic nitrogens is 1. The Bertz CT molecular complexity index is 562. The van der Waals surface area contributed by atoms with E-state index in [0.717, 1.165) is 18.5 Å². The number of nitrogens with zero attached hydrogens (tertiary/aromatic N) is 1. The van der Waals surface area contributed by atoms with Crippen LogP contribution in [-0.4, -0.2) is 39.3 Å². The first kappa shape index (κ1) is 16.5. The Morgan fingerprint density at radius 2 is 2.14 bits per heavy atom. The molecule has 0 spiro atoms. The molecule has 0 amide bonds. The molecule has 1 aromatic rings. The van der Waals surface area contributed by atoms with E-state index in [1.165, 1.54) is 0 Å². The maximum Gasteiger partial charge on any atom is 0.242 e. The molecule has 2 rings (SSSR count). The molecule has 1 fully saturated rings. The number of hydrogen-bond donors (Lipinski definition) is 2. The first-order valence-corrected chi connectivity index (χ1v) is 8.89. The molecule has 21 heavy (non-hydrogen) atoms. The minimum Gasteiger partial charge on any atom is -0.377 e. The molecule has 0 aliphatic heterocycles. The van der Waals surface area contributed by atoms with E-state index >= 15 is 0 Å². The van der Waals surface area contributed by atoms with Crippen LogP contribution in [0.4, 0.5) is 0 Å². The lowest BCUT2D eigenvalue weighted by atomic mass is 10.4. The molecular formula is C14H25N3O3S. The summed E-state index contributed by atoms with van der Waals surface area (Å²) in [5, 5.41) is 3.08. The molecular weight excluding hydrogens is 290 g/mol. The lowest BCUT2D eigenvalue weighted by molar-refractivity contribution is 0.0834. The average molecular weight is 315 g/mol. The van der Waals surface area contributed by atoms with Crippen molar-refractivity contribution in [1.82, 2.24) is 14.6 Å².